The fraction of sp³-hybridized carbons (Fsp3) is 0.375. The summed E-state index contributed by atoms with van der Waals surface area (Å²) in [6, 6.07) is 4.02. The lowest BCUT2D eigenvalue weighted by atomic mass is 10.2. The number of rotatable bonds is 1. The lowest BCUT2D eigenvalue weighted by Crippen LogP contribution is -2.06. The van der Waals surface area contributed by atoms with Gasteiger partial charge in [-0.3, -0.25) is 4.98 Å². The van der Waals surface area contributed by atoms with Gasteiger partial charge in [-0.1, -0.05) is 6.07 Å². The molecule has 0 aliphatic carbocycles. The molecule has 1 rings (SSSR count). The van der Waals surface area contributed by atoms with Crippen LogP contribution in [-0.2, 0) is 0 Å². The Bertz CT molecular complexity index is 201. The van der Waals surface area contributed by atoms with Crippen molar-refractivity contribution in [3.8, 4) is 0 Å². The SMILES string of the molecule is Cc1ccc([C@H](C)N)nc1. The molecule has 0 saturated heterocycles. The van der Waals surface area contributed by atoms with Gasteiger partial charge in [0.1, 0.15) is 0 Å². The Kier molecular flexibility index (Phi) is 2.02. The average molecular weight is 136 g/mol. The van der Waals surface area contributed by atoms with Crippen LogP contribution in [0.5, 0.6) is 0 Å². The van der Waals surface area contributed by atoms with Gasteiger partial charge in [0.05, 0.1) is 5.69 Å². The third kappa shape index (κ3) is 1.54. The molecule has 0 bridgehead atoms. The molecule has 0 amide bonds. The second-order valence-electron chi connectivity index (χ2n) is 2.55. The van der Waals surface area contributed by atoms with Crippen LogP contribution in [0.1, 0.15) is 24.2 Å². The van der Waals surface area contributed by atoms with Crippen molar-refractivity contribution in [2.45, 2.75) is 19.9 Å². The van der Waals surface area contributed by atoms with E-state index in [1.165, 1.54) is 5.56 Å². The van der Waals surface area contributed by atoms with Gasteiger partial charge in [0.25, 0.3) is 0 Å². The van der Waals surface area contributed by atoms with Crippen molar-refractivity contribution >= 4 is 0 Å². The molecule has 0 aliphatic rings. The van der Waals surface area contributed by atoms with Crippen LogP contribution >= 0.6 is 0 Å². The minimum absolute atomic E-state index is 0.0422. The van der Waals surface area contributed by atoms with Crippen LogP contribution in [0, 0.1) is 6.92 Å². The zero-order chi connectivity index (χ0) is 7.56. The van der Waals surface area contributed by atoms with Gasteiger partial charge >= 0.3 is 0 Å². The zero-order valence-electron chi connectivity index (χ0n) is 6.33. The smallest absolute Gasteiger partial charge is 0.0568 e. The maximum atomic E-state index is 5.60. The van der Waals surface area contributed by atoms with Gasteiger partial charge < -0.3 is 5.73 Å². The summed E-state index contributed by atoms with van der Waals surface area (Å²) in [5, 5.41) is 0. The summed E-state index contributed by atoms with van der Waals surface area (Å²) in [5.74, 6) is 0. The van der Waals surface area contributed by atoms with Gasteiger partial charge in [0, 0.05) is 12.2 Å². The van der Waals surface area contributed by atoms with E-state index in [1.807, 2.05) is 32.2 Å². The van der Waals surface area contributed by atoms with Gasteiger partial charge in [-0.05, 0) is 25.5 Å². The number of nitrogens with zero attached hydrogens (tertiary/aromatic N) is 1. The molecule has 2 N–H and O–H groups in total. The van der Waals surface area contributed by atoms with Crippen molar-refractivity contribution in [1.82, 2.24) is 4.98 Å². The first kappa shape index (κ1) is 7.22. The van der Waals surface area contributed by atoms with Crippen molar-refractivity contribution in [2.75, 3.05) is 0 Å². The maximum absolute atomic E-state index is 5.60. The molecule has 10 heavy (non-hydrogen) atoms. The Morgan fingerprint density at radius 2 is 2.20 bits per heavy atom. The molecule has 0 fully saturated rings. The number of hydrogen-bond acceptors (Lipinski definition) is 2. The van der Waals surface area contributed by atoms with Gasteiger partial charge in [-0.25, -0.2) is 0 Å². The molecule has 1 aromatic heterocycles. The summed E-state index contributed by atoms with van der Waals surface area (Å²) in [6.45, 7) is 3.94. The fourth-order valence-electron chi connectivity index (χ4n) is 0.749. The van der Waals surface area contributed by atoms with E-state index in [4.69, 9.17) is 5.73 Å². The standard InChI is InChI=1S/C8H12N2/c1-6-3-4-8(7(2)9)10-5-6/h3-5,7H,9H2,1-2H3/t7-/m0/s1. The van der Waals surface area contributed by atoms with E-state index in [0.717, 1.165) is 5.69 Å². The van der Waals surface area contributed by atoms with Gasteiger partial charge in [-0.15, -0.1) is 0 Å². The molecule has 54 valence electrons. The summed E-state index contributed by atoms with van der Waals surface area (Å²) < 4.78 is 0. The predicted molar refractivity (Wildman–Crippen MR) is 41.6 cm³/mol. The number of nitrogens with two attached hydrogens (primary N) is 1. The highest BCUT2D eigenvalue weighted by Crippen LogP contribution is 2.05. The zero-order valence-corrected chi connectivity index (χ0v) is 6.33. The lowest BCUT2D eigenvalue weighted by molar-refractivity contribution is 0.780. The molecule has 2 nitrogen and oxygen atoms in total. The van der Waals surface area contributed by atoms with E-state index in [0.29, 0.717) is 0 Å². The first-order valence-electron chi connectivity index (χ1n) is 3.38. The average Bonchev–Trinajstić information content (AvgIpc) is 1.88. The van der Waals surface area contributed by atoms with Crippen molar-refractivity contribution in [1.29, 1.82) is 0 Å². The lowest BCUT2D eigenvalue weighted by Gasteiger charge is -2.02. The Morgan fingerprint density at radius 1 is 1.50 bits per heavy atom. The molecule has 1 atom stereocenters. The molecular formula is C8H12N2. The predicted octanol–water partition coefficient (Wildman–Crippen LogP) is 1.41. The van der Waals surface area contributed by atoms with Crippen LogP contribution in [0.4, 0.5) is 0 Å². The molecular weight excluding hydrogens is 124 g/mol. The highest BCUT2D eigenvalue weighted by Gasteiger charge is 1.97. The van der Waals surface area contributed by atoms with E-state index in [2.05, 4.69) is 4.98 Å². The second kappa shape index (κ2) is 2.80. The summed E-state index contributed by atoms with van der Waals surface area (Å²) >= 11 is 0. The molecule has 1 aromatic rings. The van der Waals surface area contributed by atoms with Gasteiger partial charge in [-0.2, -0.15) is 0 Å². The van der Waals surface area contributed by atoms with Crippen LogP contribution < -0.4 is 5.73 Å². The van der Waals surface area contributed by atoms with E-state index < -0.39 is 0 Å². The van der Waals surface area contributed by atoms with Crippen molar-refractivity contribution in [3.05, 3.63) is 29.6 Å². The summed E-state index contributed by atoms with van der Waals surface area (Å²) in [7, 11) is 0. The first-order chi connectivity index (χ1) is 4.70. The third-order valence-electron chi connectivity index (χ3n) is 1.40. The Hall–Kier alpha value is -0.890. The van der Waals surface area contributed by atoms with Gasteiger partial charge in [0.15, 0.2) is 0 Å². The number of aryl methyl sites for hydroxylation is 1. The monoisotopic (exact) mass is 136 g/mol. The van der Waals surface area contributed by atoms with Crippen LogP contribution in [0.3, 0.4) is 0 Å². The van der Waals surface area contributed by atoms with Crippen LogP contribution in [0.15, 0.2) is 18.3 Å². The van der Waals surface area contributed by atoms with Crippen LogP contribution in [0.2, 0.25) is 0 Å². The molecule has 2 heteroatoms. The highest BCUT2D eigenvalue weighted by molar-refractivity contribution is 5.13. The van der Waals surface area contributed by atoms with E-state index >= 15 is 0 Å². The summed E-state index contributed by atoms with van der Waals surface area (Å²) in [6.07, 6.45) is 1.83. The normalized spacial score (nSPS) is 13.1. The van der Waals surface area contributed by atoms with E-state index in [-0.39, 0.29) is 6.04 Å². The first-order valence-corrected chi connectivity index (χ1v) is 3.38. The Morgan fingerprint density at radius 3 is 2.60 bits per heavy atom. The molecule has 0 spiro atoms. The molecule has 0 saturated carbocycles. The Labute approximate surface area is 61.1 Å². The van der Waals surface area contributed by atoms with Crippen LogP contribution in [-0.4, -0.2) is 4.98 Å². The fourth-order valence-corrected chi connectivity index (χ4v) is 0.749. The minimum Gasteiger partial charge on any atom is -0.323 e. The summed E-state index contributed by atoms with van der Waals surface area (Å²) in [4.78, 5) is 4.15. The number of hydrogen-bond donors (Lipinski definition) is 1. The topological polar surface area (TPSA) is 38.9 Å². The number of aromatic nitrogens is 1. The maximum Gasteiger partial charge on any atom is 0.0568 e. The van der Waals surface area contributed by atoms with Gasteiger partial charge in [0.2, 0.25) is 0 Å². The molecule has 0 aliphatic heterocycles. The molecule has 0 radical (unpaired) electrons. The quantitative estimate of drug-likeness (QED) is 0.634. The molecule has 1 heterocycles. The van der Waals surface area contributed by atoms with E-state index in [1.54, 1.807) is 0 Å². The highest BCUT2D eigenvalue weighted by atomic mass is 14.7. The van der Waals surface area contributed by atoms with Crippen molar-refractivity contribution in [2.24, 2.45) is 5.73 Å². The molecule has 0 unspecified atom stereocenters. The van der Waals surface area contributed by atoms with Crippen molar-refractivity contribution < 1.29 is 0 Å². The van der Waals surface area contributed by atoms with Crippen molar-refractivity contribution in [3.63, 3.8) is 0 Å². The summed E-state index contributed by atoms with van der Waals surface area (Å²) in [5.41, 5.74) is 7.72. The van der Waals surface area contributed by atoms with Crippen LogP contribution in [0.25, 0.3) is 0 Å². The largest absolute Gasteiger partial charge is 0.323 e. The third-order valence-corrected chi connectivity index (χ3v) is 1.40. The Balaban J connectivity index is 2.89. The second-order valence-corrected chi connectivity index (χ2v) is 2.55. The minimum atomic E-state index is 0.0422. The molecule has 0 aromatic carbocycles. The van der Waals surface area contributed by atoms with E-state index in [9.17, 15) is 0 Å². The number of pyridine rings is 1.